The van der Waals surface area contributed by atoms with Gasteiger partial charge < -0.3 is 0 Å². The van der Waals surface area contributed by atoms with Crippen molar-refractivity contribution in [3.05, 3.63) is 42.0 Å². The highest BCUT2D eigenvalue weighted by molar-refractivity contribution is 5.97. The van der Waals surface area contributed by atoms with Crippen LogP contribution in [0, 0.1) is 5.82 Å². The van der Waals surface area contributed by atoms with Gasteiger partial charge in [0.05, 0.1) is 0 Å². The molecule has 2 aromatic rings. The summed E-state index contributed by atoms with van der Waals surface area (Å²) >= 11 is 0. The third kappa shape index (κ3) is 1.28. The van der Waals surface area contributed by atoms with Crippen molar-refractivity contribution in [1.29, 1.82) is 0 Å². The molecule has 0 saturated heterocycles. The predicted octanol–water partition coefficient (Wildman–Crippen LogP) is 2.19. The van der Waals surface area contributed by atoms with Gasteiger partial charge in [0.2, 0.25) is 0 Å². The van der Waals surface area contributed by atoms with Gasteiger partial charge >= 0.3 is 0 Å². The van der Waals surface area contributed by atoms with E-state index in [0.29, 0.717) is 17.2 Å². The Hall–Kier alpha value is -1.77. The molecule has 0 unspecified atom stereocenters. The lowest BCUT2D eigenvalue weighted by molar-refractivity contribution is 0.112. The Morgan fingerprint density at radius 3 is 2.92 bits per heavy atom. The van der Waals surface area contributed by atoms with Crippen molar-refractivity contribution in [3.63, 3.8) is 0 Å². The smallest absolute Gasteiger partial charge is 0.152 e. The van der Waals surface area contributed by atoms with Crippen molar-refractivity contribution >= 4 is 17.1 Å². The monoisotopic (exact) mass is 175 g/mol. The Labute approximate surface area is 74.0 Å². The number of hydrogen-bond donors (Lipinski definition) is 0. The normalized spacial score (nSPS) is 10.2. The fourth-order valence-electron chi connectivity index (χ4n) is 1.25. The van der Waals surface area contributed by atoms with Crippen LogP contribution >= 0.6 is 0 Å². The van der Waals surface area contributed by atoms with E-state index >= 15 is 0 Å². The first kappa shape index (κ1) is 7.86. The summed E-state index contributed by atoms with van der Waals surface area (Å²) in [5.74, 6) is -0.346. The molecule has 0 N–H and O–H groups in total. The Balaban J connectivity index is 2.86. The maximum Gasteiger partial charge on any atom is 0.152 e. The zero-order valence-corrected chi connectivity index (χ0v) is 6.70. The van der Waals surface area contributed by atoms with Gasteiger partial charge in [0.15, 0.2) is 6.29 Å². The maximum atomic E-state index is 12.8. The van der Waals surface area contributed by atoms with Crippen LogP contribution in [0.25, 0.3) is 10.8 Å². The zero-order valence-electron chi connectivity index (χ0n) is 6.70. The molecule has 0 aliphatic rings. The summed E-state index contributed by atoms with van der Waals surface area (Å²) in [6.07, 6.45) is 3.70. The van der Waals surface area contributed by atoms with Gasteiger partial charge in [0.1, 0.15) is 5.82 Å². The van der Waals surface area contributed by atoms with Crippen LogP contribution in [0.2, 0.25) is 0 Å². The van der Waals surface area contributed by atoms with Crippen molar-refractivity contribution in [2.24, 2.45) is 0 Å². The summed E-state index contributed by atoms with van der Waals surface area (Å²) < 4.78 is 12.8. The first-order chi connectivity index (χ1) is 6.31. The van der Waals surface area contributed by atoms with Crippen LogP contribution in [0.5, 0.6) is 0 Å². The van der Waals surface area contributed by atoms with Crippen LogP contribution in [-0.2, 0) is 0 Å². The summed E-state index contributed by atoms with van der Waals surface area (Å²) in [5, 5.41) is 1.37. The number of benzene rings is 1. The molecule has 2 nitrogen and oxygen atoms in total. The molecule has 1 heterocycles. The van der Waals surface area contributed by atoms with Gasteiger partial charge in [0, 0.05) is 23.3 Å². The van der Waals surface area contributed by atoms with Gasteiger partial charge in [-0.2, -0.15) is 0 Å². The van der Waals surface area contributed by atoms with E-state index in [1.54, 1.807) is 12.3 Å². The molecule has 13 heavy (non-hydrogen) atoms. The summed E-state index contributed by atoms with van der Waals surface area (Å²) in [4.78, 5) is 14.4. The van der Waals surface area contributed by atoms with E-state index < -0.39 is 0 Å². The molecule has 0 spiro atoms. The molecule has 64 valence electrons. The molecule has 1 aromatic carbocycles. The standard InChI is InChI=1S/C10H6FNO/c11-9-2-1-7-4-12-5-8(6-13)10(7)3-9/h1-6H. The van der Waals surface area contributed by atoms with Gasteiger partial charge in [-0.3, -0.25) is 9.78 Å². The lowest BCUT2D eigenvalue weighted by atomic mass is 10.1. The third-order valence-corrected chi connectivity index (χ3v) is 1.88. The first-order valence-corrected chi connectivity index (χ1v) is 3.80. The minimum atomic E-state index is -0.346. The molecule has 2 rings (SSSR count). The molecule has 0 amide bonds. The van der Waals surface area contributed by atoms with Crippen molar-refractivity contribution in [1.82, 2.24) is 4.98 Å². The van der Waals surface area contributed by atoms with Crippen LogP contribution in [0.4, 0.5) is 4.39 Å². The molecule has 0 aliphatic heterocycles. The Kier molecular flexibility index (Phi) is 1.77. The highest BCUT2D eigenvalue weighted by Crippen LogP contribution is 2.16. The van der Waals surface area contributed by atoms with Gasteiger partial charge in [-0.15, -0.1) is 0 Å². The van der Waals surface area contributed by atoms with Gasteiger partial charge in [0.25, 0.3) is 0 Å². The average molecular weight is 175 g/mol. The summed E-state index contributed by atoms with van der Waals surface area (Å²) in [6, 6.07) is 4.28. The van der Waals surface area contributed by atoms with Crippen molar-refractivity contribution in [2.45, 2.75) is 0 Å². The first-order valence-electron chi connectivity index (χ1n) is 3.80. The Morgan fingerprint density at radius 1 is 1.31 bits per heavy atom. The summed E-state index contributed by atoms with van der Waals surface area (Å²) in [6.45, 7) is 0. The van der Waals surface area contributed by atoms with E-state index in [1.165, 1.54) is 18.3 Å². The molecule has 0 fully saturated rings. The third-order valence-electron chi connectivity index (χ3n) is 1.88. The number of rotatable bonds is 1. The maximum absolute atomic E-state index is 12.8. The second kappa shape index (κ2) is 2.94. The molecule has 3 heteroatoms. The van der Waals surface area contributed by atoms with E-state index in [2.05, 4.69) is 4.98 Å². The largest absolute Gasteiger partial charge is 0.298 e. The fraction of sp³-hybridized carbons (Fsp3) is 0. The highest BCUT2D eigenvalue weighted by Gasteiger charge is 2.00. The molecule has 0 atom stereocenters. The van der Waals surface area contributed by atoms with E-state index in [-0.39, 0.29) is 5.82 Å². The number of pyridine rings is 1. The lowest BCUT2D eigenvalue weighted by Crippen LogP contribution is -1.86. The summed E-state index contributed by atoms with van der Waals surface area (Å²) in [5.41, 5.74) is 0.414. The molecular weight excluding hydrogens is 169 g/mol. The van der Waals surface area contributed by atoms with Crippen molar-refractivity contribution in [3.8, 4) is 0 Å². The quantitative estimate of drug-likeness (QED) is 0.622. The minimum absolute atomic E-state index is 0.346. The van der Waals surface area contributed by atoms with E-state index in [9.17, 15) is 9.18 Å². The van der Waals surface area contributed by atoms with Crippen LogP contribution in [0.15, 0.2) is 30.6 Å². The summed E-state index contributed by atoms with van der Waals surface area (Å²) in [7, 11) is 0. The number of carbonyl (C=O) groups excluding carboxylic acids is 1. The second-order valence-electron chi connectivity index (χ2n) is 2.71. The second-order valence-corrected chi connectivity index (χ2v) is 2.71. The SMILES string of the molecule is O=Cc1cncc2ccc(F)cc12. The number of halogens is 1. The van der Waals surface area contributed by atoms with Crippen molar-refractivity contribution < 1.29 is 9.18 Å². The topological polar surface area (TPSA) is 30.0 Å². The number of aromatic nitrogens is 1. The van der Waals surface area contributed by atoms with Gasteiger partial charge in [-0.1, -0.05) is 0 Å². The van der Waals surface area contributed by atoms with Crippen LogP contribution < -0.4 is 0 Å². The van der Waals surface area contributed by atoms with Crippen molar-refractivity contribution in [2.75, 3.05) is 0 Å². The number of nitrogens with zero attached hydrogens (tertiary/aromatic N) is 1. The molecule has 0 saturated carbocycles. The molecule has 0 aliphatic carbocycles. The Morgan fingerprint density at radius 2 is 2.15 bits per heavy atom. The molecular formula is C10H6FNO. The molecule has 1 aromatic heterocycles. The Bertz CT molecular complexity index is 467. The number of aldehydes is 1. The zero-order chi connectivity index (χ0) is 9.26. The average Bonchev–Trinajstić information content (AvgIpc) is 2.17. The predicted molar refractivity (Wildman–Crippen MR) is 47.1 cm³/mol. The molecule has 0 radical (unpaired) electrons. The number of carbonyl (C=O) groups is 1. The minimum Gasteiger partial charge on any atom is -0.298 e. The van der Waals surface area contributed by atoms with E-state index in [4.69, 9.17) is 0 Å². The fourth-order valence-corrected chi connectivity index (χ4v) is 1.25. The van der Waals surface area contributed by atoms with Crippen LogP contribution in [0.3, 0.4) is 0 Å². The lowest BCUT2D eigenvalue weighted by Gasteiger charge is -1.98. The van der Waals surface area contributed by atoms with E-state index in [1.807, 2.05) is 0 Å². The van der Waals surface area contributed by atoms with Gasteiger partial charge in [-0.05, 0) is 23.6 Å². The van der Waals surface area contributed by atoms with Crippen LogP contribution in [-0.4, -0.2) is 11.3 Å². The van der Waals surface area contributed by atoms with Gasteiger partial charge in [-0.25, -0.2) is 4.39 Å². The van der Waals surface area contributed by atoms with Crippen LogP contribution in [0.1, 0.15) is 10.4 Å². The molecule has 0 bridgehead atoms. The highest BCUT2D eigenvalue weighted by atomic mass is 19.1. The van der Waals surface area contributed by atoms with E-state index in [0.717, 1.165) is 5.39 Å². The number of fused-ring (bicyclic) bond motifs is 1. The number of hydrogen-bond acceptors (Lipinski definition) is 2.